The first-order valence-electron chi connectivity index (χ1n) is 4.93. The number of halogens is 3. The first-order chi connectivity index (χ1) is 8.58. The highest BCUT2D eigenvalue weighted by Crippen LogP contribution is 2.31. The lowest BCUT2D eigenvalue weighted by molar-refractivity contribution is 0.0919. The van der Waals surface area contributed by atoms with Gasteiger partial charge in [0.15, 0.2) is 18.2 Å². The predicted octanol–water partition coefficient (Wildman–Crippen LogP) is 4.46. The van der Waals surface area contributed by atoms with Gasteiger partial charge in [-0.25, -0.2) is 4.39 Å². The number of ketones is 1. The summed E-state index contributed by atoms with van der Waals surface area (Å²) in [6.45, 7) is -0.284. The van der Waals surface area contributed by atoms with Crippen molar-refractivity contribution in [2.24, 2.45) is 0 Å². The minimum atomic E-state index is -0.514. The Bertz CT molecular complexity index is 583. The van der Waals surface area contributed by atoms with Gasteiger partial charge in [0.05, 0.1) is 9.90 Å². The molecule has 2 rings (SSSR count). The van der Waals surface area contributed by atoms with Crippen molar-refractivity contribution < 1.29 is 13.9 Å². The number of rotatable bonds is 4. The fraction of sp³-hybridized carbons (Fsp3) is 0.0833. The van der Waals surface area contributed by atoms with Gasteiger partial charge in [0.1, 0.15) is 4.34 Å². The fourth-order valence-corrected chi connectivity index (χ4v) is 2.81. The molecule has 0 aliphatic carbocycles. The van der Waals surface area contributed by atoms with Crippen LogP contribution >= 0.6 is 34.5 Å². The molecule has 0 aliphatic heterocycles. The smallest absolute Gasteiger partial charge is 0.202 e. The quantitative estimate of drug-likeness (QED) is 0.780. The number of benzene rings is 1. The first-order valence-corrected chi connectivity index (χ1v) is 6.50. The molecule has 18 heavy (non-hydrogen) atoms. The van der Waals surface area contributed by atoms with Crippen LogP contribution in [-0.4, -0.2) is 12.4 Å². The molecule has 0 saturated carbocycles. The lowest BCUT2D eigenvalue weighted by atomic mass is 10.2. The third-order valence-electron chi connectivity index (χ3n) is 2.15. The van der Waals surface area contributed by atoms with E-state index >= 15 is 0 Å². The van der Waals surface area contributed by atoms with Gasteiger partial charge < -0.3 is 4.74 Å². The number of thiophene rings is 1. The molecule has 2 nitrogen and oxygen atoms in total. The van der Waals surface area contributed by atoms with E-state index in [1.165, 1.54) is 18.2 Å². The summed E-state index contributed by atoms with van der Waals surface area (Å²) >= 11 is 12.7. The summed E-state index contributed by atoms with van der Waals surface area (Å²) in [6, 6.07) is 7.34. The molecule has 0 N–H and O–H groups in total. The number of carbonyl (C=O) groups excluding carboxylic acids is 1. The van der Waals surface area contributed by atoms with Crippen LogP contribution in [-0.2, 0) is 0 Å². The maximum absolute atomic E-state index is 13.2. The van der Waals surface area contributed by atoms with Crippen LogP contribution in [0.2, 0.25) is 8.67 Å². The number of Topliss-reactive ketones (excluding diaryl/α,β-unsaturated/α-hetero) is 1. The molecule has 0 unspecified atom stereocenters. The van der Waals surface area contributed by atoms with Gasteiger partial charge >= 0.3 is 0 Å². The summed E-state index contributed by atoms with van der Waals surface area (Å²) in [7, 11) is 0. The third-order valence-corrected chi connectivity index (χ3v) is 3.64. The molecular weight excluding hydrogens is 298 g/mol. The van der Waals surface area contributed by atoms with Crippen LogP contribution in [0.4, 0.5) is 4.39 Å². The molecule has 1 aromatic carbocycles. The van der Waals surface area contributed by atoms with E-state index in [0.29, 0.717) is 14.2 Å². The van der Waals surface area contributed by atoms with E-state index in [-0.39, 0.29) is 18.1 Å². The van der Waals surface area contributed by atoms with Gasteiger partial charge in [0.25, 0.3) is 0 Å². The second kappa shape index (κ2) is 5.69. The Balaban J connectivity index is 2.05. The van der Waals surface area contributed by atoms with Gasteiger partial charge in [-0.1, -0.05) is 35.3 Å². The van der Waals surface area contributed by atoms with E-state index in [2.05, 4.69) is 0 Å². The second-order valence-corrected chi connectivity index (χ2v) is 5.67. The Kier molecular flexibility index (Phi) is 4.22. The maximum Gasteiger partial charge on any atom is 0.202 e. The van der Waals surface area contributed by atoms with Crippen molar-refractivity contribution in [2.45, 2.75) is 0 Å². The zero-order chi connectivity index (χ0) is 13.1. The Labute approximate surface area is 117 Å². The lowest BCUT2D eigenvalue weighted by Crippen LogP contribution is -2.11. The first kappa shape index (κ1) is 13.3. The lowest BCUT2D eigenvalue weighted by Gasteiger charge is -2.05. The highest BCUT2D eigenvalue weighted by Gasteiger charge is 2.15. The van der Waals surface area contributed by atoms with Crippen molar-refractivity contribution in [1.82, 2.24) is 0 Å². The minimum Gasteiger partial charge on any atom is -0.482 e. The highest BCUT2D eigenvalue weighted by atomic mass is 35.5. The van der Waals surface area contributed by atoms with E-state index in [1.54, 1.807) is 12.1 Å². The summed E-state index contributed by atoms with van der Waals surface area (Å²) in [5, 5.41) is 0. The van der Waals surface area contributed by atoms with Crippen molar-refractivity contribution in [1.29, 1.82) is 0 Å². The van der Waals surface area contributed by atoms with Crippen LogP contribution in [0.3, 0.4) is 0 Å². The molecule has 1 heterocycles. The van der Waals surface area contributed by atoms with Gasteiger partial charge in [-0.05, 0) is 18.2 Å². The Hall–Kier alpha value is -1.10. The van der Waals surface area contributed by atoms with Gasteiger partial charge in [-0.3, -0.25) is 4.79 Å². The maximum atomic E-state index is 13.2. The predicted molar refractivity (Wildman–Crippen MR) is 70.6 cm³/mol. The van der Waals surface area contributed by atoms with E-state index in [4.69, 9.17) is 27.9 Å². The molecule has 0 amide bonds. The zero-order valence-corrected chi connectivity index (χ0v) is 11.3. The molecule has 6 heteroatoms. The van der Waals surface area contributed by atoms with Gasteiger partial charge in [-0.15, -0.1) is 11.3 Å². The van der Waals surface area contributed by atoms with E-state index in [1.807, 2.05) is 0 Å². The SMILES string of the molecule is O=C(COc1ccccc1F)c1cc(Cl)sc1Cl. The topological polar surface area (TPSA) is 26.3 Å². The number of hydrogen-bond donors (Lipinski definition) is 0. The fourth-order valence-electron chi connectivity index (χ4n) is 1.31. The molecule has 2 aromatic rings. The monoisotopic (exact) mass is 304 g/mol. The van der Waals surface area contributed by atoms with E-state index in [0.717, 1.165) is 11.3 Å². The molecule has 0 atom stereocenters. The zero-order valence-electron chi connectivity index (χ0n) is 8.95. The number of ether oxygens (including phenoxy) is 1. The average molecular weight is 305 g/mol. The molecule has 1 aromatic heterocycles. The van der Waals surface area contributed by atoms with Crippen molar-refractivity contribution in [3.63, 3.8) is 0 Å². The molecule has 94 valence electrons. The average Bonchev–Trinajstić information content (AvgIpc) is 2.67. The Morgan fingerprint density at radius 2 is 2.06 bits per heavy atom. The Morgan fingerprint density at radius 3 is 2.67 bits per heavy atom. The van der Waals surface area contributed by atoms with E-state index in [9.17, 15) is 9.18 Å². The van der Waals surface area contributed by atoms with Crippen molar-refractivity contribution in [3.05, 3.63) is 50.4 Å². The van der Waals surface area contributed by atoms with Crippen LogP contribution in [0.25, 0.3) is 0 Å². The van der Waals surface area contributed by atoms with Crippen LogP contribution in [0.15, 0.2) is 30.3 Å². The van der Waals surface area contributed by atoms with Crippen LogP contribution in [0.5, 0.6) is 5.75 Å². The number of hydrogen-bond acceptors (Lipinski definition) is 3. The third kappa shape index (κ3) is 3.02. The number of carbonyl (C=O) groups is 1. The minimum absolute atomic E-state index is 0.0308. The van der Waals surface area contributed by atoms with Gasteiger partial charge in [-0.2, -0.15) is 0 Å². The van der Waals surface area contributed by atoms with Crippen molar-refractivity contribution in [2.75, 3.05) is 6.61 Å². The van der Waals surface area contributed by atoms with Crippen LogP contribution < -0.4 is 4.74 Å². The second-order valence-electron chi connectivity index (χ2n) is 3.38. The highest BCUT2D eigenvalue weighted by molar-refractivity contribution is 7.20. The molecular formula is C12H7Cl2FO2S. The van der Waals surface area contributed by atoms with Crippen molar-refractivity contribution in [3.8, 4) is 5.75 Å². The van der Waals surface area contributed by atoms with Crippen LogP contribution in [0.1, 0.15) is 10.4 Å². The van der Waals surface area contributed by atoms with Gasteiger partial charge in [0.2, 0.25) is 5.78 Å². The molecule has 0 saturated heterocycles. The van der Waals surface area contributed by atoms with Crippen molar-refractivity contribution >= 4 is 40.3 Å². The molecule has 0 fully saturated rings. The summed E-state index contributed by atoms with van der Waals surface area (Å²) in [6.07, 6.45) is 0. The summed E-state index contributed by atoms with van der Waals surface area (Å²) in [5.74, 6) is -0.825. The summed E-state index contributed by atoms with van der Waals surface area (Å²) in [5.41, 5.74) is 0.294. The van der Waals surface area contributed by atoms with Crippen LogP contribution in [0, 0.1) is 5.82 Å². The Morgan fingerprint density at radius 1 is 1.33 bits per heavy atom. The molecule has 0 aliphatic rings. The number of para-hydroxylation sites is 1. The van der Waals surface area contributed by atoms with Gasteiger partial charge in [0, 0.05) is 0 Å². The molecule has 0 bridgehead atoms. The summed E-state index contributed by atoms with van der Waals surface area (Å²) < 4.78 is 19.1. The standard InChI is InChI=1S/C12H7Cl2FO2S/c13-11-5-7(12(14)18-11)9(16)6-17-10-4-2-1-3-8(10)15/h1-5H,6H2. The summed E-state index contributed by atoms with van der Waals surface area (Å²) in [4.78, 5) is 11.8. The largest absolute Gasteiger partial charge is 0.482 e. The van der Waals surface area contributed by atoms with E-state index < -0.39 is 5.82 Å². The normalized spacial score (nSPS) is 10.4. The molecule has 0 radical (unpaired) electrons. The molecule has 0 spiro atoms.